The molecule has 0 saturated heterocycles. The van der Waals surface area contributed by atoms with E-state index in [0.717, 1.165) is 89.9 Å². The number of allylic oxidation sites excluding steroid dienone is 12. The number of esters is 2. The van der Waals surface area contributed by atoms with Gasteiger partial charge in [0.1, 0.15) is 6.61 Å². The summed E-state index contributed by atoms with van der Waals surface area (Å²) in [6.45, 7) is 7.61. The highest BCUT2D eigenvalue weighted by molar-refractivity contribution is 5.70. The van der Waals surface area contributed by atoms with Gasteiger partial charge in [-0.15, -0.1) is 0 Å². The molecule has 0 aromatic heterocycles. The Hall–Kier alpha value is -2.66. The third kappa shape index (κ3) is 46.0. The highest BCUT2D eigenvalue weighted by Gasteiger charge is 2.17. The quantitative estimate of drug-likeness (QED) is 0.0348. The molecule has 58 heavy (non-hydrogen) atoms. The van der Waals surface area contributed by atoms with Crippen LogP contribution in [-0.4, -0.2) is 37.9 Å². The molecule has 1 atom stereocenters. The third-order valence-electron chi connectivity index (χ3n) is 10.2. The van der Waals surface area contributed by atoms with E-state index in [1.807, 2.05) is 0 Å². The summed E-state index contributed by atoms with van der Waals surface area (Å²) < 4.78 is 17.3. The minimum atomic E-state index is -0.547. The summed E-state index contributed by atoms with van der Waals surface area (Å²) in [5.74, 6) is -0.422. The first-order valence-corrected chi connectivity index (χ1v) is 24.5. The van der Waals surface area contributed by atoms with E-state index < -0.39 is 6.10 Å². The van der Waals surface area contributed by atoms with Crippen LogP contribution in [0.4, 0.5) is 0 Å². The molecular weight excluding hydrogens is 717 g/mol. The Bertz CT molecular complexity index is 1050. The molecule has 0 saturated carbocycles. The first kappa shape index (κ1) is 55.3. The maximum Gasteiger partial charge on any atom is 0.306 e. The minimum Gasteiger partial charge on any atom is -0.462 e. The van der Waals surface area contributed by atoms with E-state index in [1.54, 1.807) is 0 Å². The van der Waals surface area contributed by atoms with E-state index in [2.05, 4.69) is 93.7 Å². The van der Waals surface area contributed by atoms with Crippen LogP contribution >= 0.6 is 0 Å². The van der Waals surface area contributed by atoms with Crippen LogP contribution in [0.3, 0.4) is 0 Å². The van der Waals surface area contributed by atoms with Gasteiger partial charge < -0.3 is 14.2 Å². The van der Waals surface area contributed by atoms with Gasteiger partial charge in [-0.25, -0.2) is 0 Å². The summed E-state index contributed by atoms with van der Waals surface area (Å²) in [6, 6.07) is 0. The van der Waals surface area contributed by atoms with Crippen molar-refractivity contribution in [3.05, 3.63) is 72.9 Å². The van der Waals surface area contributed by atoms with E-state index in [0.29, 0.717) is 19.4 Å². The maximum atomic E-state index is 12.7. The SMILES string of the molecule is CC/C=C\C/C=C\C/C=C\C/C=C\CCCCCCCOCC(COC(=O)CCCCCCCCC/C=C\C/C=C\CCCCC)OC(=O)CCCCCCCCC. The Morgan fingerprint density at radius 1 is 0.397 bits per heavy atom. The van der Waals surface area contributed by atoms with Gasteiger partial charge in [0, 0.05) is 19.4 Å². The monoisotopic (exact) mass is 809 g/mol. The van der Waals surface area contributed by atoms with Gasteiger partial charge in [-0.3, -0.25) is 9.59 Å². The highest BCUT2D eigenvalue weighted by Crippen LogP contribution is 2.13. The van der Waals surface area contributed by atoms with Crippen LogP contribution in [0.1, 0.15) is 226 Å². The van der Waals surface area contributed by atoms with Gasteiger partial charge in [0.05, 0.1) is 6.61 Å². The smallest absolute Gasteiger partial charge is 0.306 e. The number of carbonyl (C=O) groups excluding carboxylic acids is 2. The zero-order valence-corrected chi connectivity index (χ0v) is 38.3. The number of ether oxygens (including phenoxy) is 3. The molecule has 0 amide bonds. The Kier molecular flexibility index (Phi) is 46.5. The average Bonchev–Trinajstić information content (AvgIpc) is 3.22. The molecular formula is C53H92O5. The van der Waals surface area contributed by atoms with Gasteiger partial charge in [-0.2, -0.15) is 0 Å². The zero-order valence-electron chi connectivity index (χ0n) is 38.3. The van der Waals surface area contributed by atoms with Crippen molar-refractivity contribution >= 4 is 11.9 Å². The van der Waals surface area contributed by atoms with E-state index in [9.17, 15) is 9.59 Å². The topological polar surface area (TPSA) is 61.8 Å². The van der Waals surface area contributed by atoms with Crippen molar-refractivity contribution in [1.29, 1.82) is 0 Å². The summed E-state index contributed by atoms with van der Waals surface area (Å²) in [5, 5.41) is 0. The first-order chi connectivity index (χ1) is 28.6. The van der Waals surface area contributed by atoms with Gasteiger partial charge in [-0.05, 0) is 89.9 Å². The van der Waals surface area contributed by atoms with Crippen molar-refractivity contribution in [1.82, 2.24) is 0 Å². The summed E-state index contributed by atoms with van der Waals surface area (Å²) in [4.78, 5) is 25.2. The predicted octanol–water partition coefficient (Wildman–Crippen LogP) is 16.3. The fourth-order valence-electron chi connectivity index (χ4n) is 6.59. The van der Waals surface area contributed by atoms with Crippen molar-refractivity contribution in [3.8, 4) is 0 Å². The molecule has 0 aliphatic heterocycles. The molecule has 0 radical (unpaired) electrons. The van der Waals surface area contributed by atoms with Gasteiger partial charge in [0.2, 0.25) is 0 Å². The lowest BCUT2D eigenvalue weighted by molar-refractivity contribution is -0.163. The predicted molar refractivity (Wildman–Crippen MR) is 251 cm³/mol. The minimum absolute atomic E-state index is 0.0720. The van der Waals surface area contributed by atoms with Crippen molar-refractivity contribution in [2.45, 2.75) is 232 Å². The van der Waals surface area contributed by atoms with Crippen molar-refractivity contribution in [2.24, 2.45) is 0 Å². The Morgan fingerprint density at radius 3 is 1.28 bits per heavy atom. The van der Waals surface area contributed by atoms with Crippen LogP contribution < -0.4 is 0 Å². The third-order valence-corrected chi connectivity index (χ3v) is 10.2. The van der Waals surface area contributed by atoms with Crippen LogP contribution in [0.2, 0.25) is 0 Å². The Morgan fingerprint density at radius 2 is 0.776 bits per heavy atom. The van der Waals surface area contributed by atoms with E-state index in [1.165, 1.54) is 103 Å². The molecule has 5 heteroatoms. The highest BCUT2D eigenvalue weighted by atomic mass is 16.6. The summed E-state index contributed by atoms with van der Waals surface area (Å²) in [5.41, 5.74) is 0. The largest absolute Gasteiger partial charge is 0.462 e. The summed E-state index contributed by atoms with van der Waals surface area (Å²) in [6.07, 6.45) is 62.0. The lowest BCUT2D eigenvalue weighted by Crippen LogP contribution is -2.30. The normalized spacial score (nSPS) is 12.8. The standard InChI is InChI=1S/C53H92O5/c1-4-7-10-13-16-18-20-22-24-26-28-30-32-34-36-39-42-45-48-56-49-51(58-53(55)47-44-41-37-15-12-9-6-3)50-57-52(54)46-43-40-38-35-33-31-29-27-25-23-21-19-17-14-11-8-5-2/h7,10,16-19,22-25,28,30,51H,4-6,8-9,11-15,20-21,26-27,29,31-50H2,1-3H3/b10-7-,18-16-,19-17-,24-22-,25-23-,30-28-. The zero-order chi connectivity index (χ0) is 42.1. The molecule has 0 aliphatic carbocycles. The number of carbonyl (C=O) groups is 2. The fourth-order valence-corrected chi connectivity index (χ4v) is 6.59. The van der Waals surface area contributed by atoms with E-state index in [-0.39, 0.29) is 25.2 Å². The van der Waals surface area contributed by atoms with Gasteiger partial charge in [0.15, 0.2) is 6.10 Å². The van der Waals surface area contributed by atoms with Crippen LogP contribution in [0.5, 0.6) is 0 Å². The fraction of sp³-hybridized carbons (Fsp3) is 0.736. The molecule has 334 valence electrons. The molecule has 5 nitrogen and oxygen atoms in total. The average molecular weight is 809 g/mol. The van der Waals surface area contributed by atoms with Crippen molar-refractivity contribution < 1.29 is 23.8 Å². The number of rotatable bonds is 44. The van der Waals surface area contributed by atoms with Crippen LogP contribution in [0.25, 0.3) is 0 Å². The van der Waals surface area contributed by atoms with Gasteiger partial charge >= 0.3 is 11.9 Å². The Labute approximate surface area is 359 Å². The number of unbranched alkanes of at least 4 members (excludes halogenated alkanes) is 21. The molecule has 0 rings (SSSR count). The van der Waals surface area contributed by atoms with Crippen LogP contribution in [0, 0.1) is 0 Å². The molecule has 0 bridgehead atoms. The van der Waals surface area contributed by atoms with Crippen LogP contribution in [-0.2, 0) is 23.8 Å². The molecule has 0 aliphatic rings. The first-order valence-electron chi connectivity index (χ1n) is 24.5. The number of hydrogen-bond acceptors (Lipinski definition) is 5. The van der Waals surface area contributed by atoms with E-state index >= 15 is 0 Å². The second-order valence-electron chi connectivity index (χ2n) is 16.0. The molecule has 0 N–H and O–H groups in total. The molecule has 0 spiro atoms. The molecule has 0 aromatic carbocycles. The van der Waals surface area contributed by atoms with Gasteiger partial charge in [0.25, 0.3) is 0 Å². The summed E-state index contributed by atoms with van der Waals surface area (Å²) >= 11 is 0. The second kappa shape index (κ2) is 48.7. The summed E-state index contributed by atoms with van der Waals surface area (Å²) in [7, 11) is 0. The van der Waals surface area contributed by atoms with Crippen LogP contribution in [0.15, 0.2) is 72.9 Å². The molecule has 0 heterocycles. The maximum absolute atomic E-state index is 12.7. The molecule has 0 aromatic rings. The van der Waals surface area contributed by atoms with Gasteiger partial charge in [-0.1, -0.05) is 196 Å². The lowest BCUT2D eigenvalue weighted by atomic mass is 10.1. The Balaban J connectivity index is 4.18. The second-order valence-corrected chi connectivity index (χ2v) is 16.0. The van der Waals surface area contributed by atoms with Crippen molar-refractivity contribution in [3.63, 3.8) is 0 Å². The van der Waals surface area contributed by atoms with Crippen molar-refractivity contribution in [2.75, 3.05) is 19.8 Å². The van der Waals surface area contributed by atoms with E-state index in [4.69, 9.17) is 14.2 Å². The lowest BCUT2D eigenvalue weighted by Gasteiger charge is -2.18. The molecule has 0 fully saturated rings. The number of hydrogen-bond donors (Lipinski definition) is 0. The molecule has 1 unspecified atom stereocenters.